The predicted octanol–water partition coefficient (Wildman–Crippen LogP) is 4.53. The molecule has 2 aromatic heterocycles. The van der Waals surface area contributed by atoms with E-state index < -0.39 is 0 Å². The van der Waals surface area contributed by atoms with E-state index in [1.807, 2.05) is 0 Å². The largest absolute Gasteiger partial charge is 0.382 e. The molecule has 0 saturated carbocycles. The number of benzene rings is 1. The molecule has 1 aliphatic heterocycles. The molecule has 1 unspecified atom stereocenters. The Balaban J connectivity index is 1.48. The van der Waals surface area contributed by atoms with Gasteiger partial charge in [0, 0.05) is 21.1 Å². The molecular formula is C22H27IN6S. The standard InChI is InChI=1S/C22H27IN6S/c1-28-9-3-2-7-16(28)8-10-29-21-19(20(24)25-13-26-21)27-22(29)30-18-12-15-6-4-5-14(15)11-17(18)23/h11-13,16H,2-10H2,1H3,(H2,24,25,26). The van der Waals surface area contributed by atoms with Gasteiger partial charge < -0.3 is 15.2 Å². The minimum atomic E-state index is 0.457. The normalized spacial score (nSPS) is 19.5. The number of likely N-dealkylation sites (tertiary alicyclic amines) is 1. The molecule has 5 rings (SSSR count). The lowest BCUT2D eigenvalue weighted by Crippen LogP contribution is -2.36. The fourth-order valence-corrected chi connectivity index (χ4v) is 6.59. The van der Waals surface area contributed by atoms with E-state index in [4.69, 9.17) is 10.7 Å². The van der Waals surface area contributed by atoms with Gasteiger partial charge in [-0.15, -0.1) is 0 Å². The number of anilines is 1. The number of aryl methyl sites for hydroxylation is 3. The van der Waals surface area contributed by atoms with Crippen molar-refractivity contribution in [1.82, 2.24) is 24.4 Å². The second-order valence-electron chi connectivity index (χ2n) is 8.40. The average Bonchev–Trinajstić information content (AvgIpc) is 3.32. The van der Waals surface area contributed by atoms with Gasteiger partial charge in [-0.3, -0.25) is 0 Å². The molecule has 30 heavy (non-hydrogen) atoms. The Labute approximate surface area is 195 Å². The predicted molar refractivity (Wildman–Crippen MR) is 130 cm³/mol. The molecule has 0 amide bonds. The van der Waals surface area contributed by atoms with Gasteiger partial charge in [-0.25, -0.2) is 15.0 Å². The van der Waals surface area contributed by atoms with E-state index in [0.717, 1.165) is 23.8 Å². The van der Waals surface area contributed by atoms with E-state index in [0.29, 0.717) is 17.4 Å². The summed E-state index contributed by atoms with van der Waals surface area (Å²) in [6, 6.07) is 5.33. The third-order valence-corrected chi connectivity index (χ3v) is 8.79. The van der Waals surface area contributed by atoms with E-state index in [-0.39, 0.29) is 0 Å². The first-order valence-corrected chi connectivity index (χ1v) is 12.7. The Morgan fingerprint density at radius 1 is 1.17 bits per heavy atom. The van der Waals surface area contributed by atoms with Crippen LogP contribution in [0.5, 0.6) is 0 Å². The molecule has 6 nitrogen and oxygen atoms in total. The van der Waals surface area contributed by atoms with Gasteiger partial charge in [0.1, 0.15) is 6.33 Å². The van der Waals surface area contributed by atoms with Gasteiger partial charge in [0.15, 0.2) is 22.1 Å². The number of hydrogen-bond acceptors (Lipinski definition) is 6. The summed E-state index contributed by atoms with van der Waals surface area (Å²) in [6.07, 6.45) is 10.2. The Hall–Kier alpha value is -1.39. The summed E-state index contributed by atoms with van der Waals surface area (Å²) in [5.41, 5.74) is 10.7. The fourth-order valence-electron chi connectivity index (χ4n) is 4.75. The lowest BCUT2D eigenvalue weighted by molar-refractivity contribution is 0.170. The molecule has 2 aliphatic rings. The lowest BCUT2D eigenvalue weighted by atomic mass is 10.0. The van der Waals surface area contributed by atoms with Crippen LogP contribution in [0.3, 0.4) is 0 Å². The summed E-state index contributed by atoms with van der Waals surface area (Å²) in [7, 11) is 2.25. The van der Waals surface area contributed by atoms with Crippen molar-refractivity contribution < 1.29 is 0 Å². The van der Waals surface area contributed by atoms with Gasteiger partial charge >= 0.3 is 0 Å². The highest BCUT2D eigenvalue weighted by atomic mass is 127. The van der Waals surface area contributed by atoms with Gasteiger partial charge in [-0.2, -0.15) is 0 Å². The monoisotopic (exact) mass is 534 g/mol. The molecule has 158 valence electrons. The summed E-state index contributed by atoms with van der Waals surface area (Å²) >= 11 is 4.20. The van der Waals surface area contributed by atoms with Crippen LogP contribution in [0.1, 0.15) is 43.2 Å². The van der Waals surface area contributed by atoms with Crippen molar-refractivity contribution in [2.75, 3.05) is 19.3 Å². The molecule has 8 heteroatoms. The Morgan fingerprint density at radius 3 is 2.83 bits per heavy atom. The fraction of sp³-hybridized carbons (Fsp3) is 0.500. The highest BCUT2D eigenvalue weighted by Gasteiger charge is 2.22. The first kappa shape index (κ1) is 20.5. The number of imidazole rings is 1. The molecule has 1 fully saturated rings. The second-order valence-corrected chi connectivity index (χ2v) is 10.6. The summed E-state index contributed by atoms with van der Waals surface area (Å²) in [6.45, 7) is 2.09. The first-order valence-electron chi connectivity index (χ1n) is 10.8. The number of aromatic nitrogens is 4. The van der Waals surface area contributed by atoms with Crippen LogP contribution >= 0.6 is 34.4 Å². The van der Waals surface area contributed by atoms with Crippen LogP contribution in [0, 0.1) is 3.57 Å². The van der Waals surface area contributed by atoms with E-state index in [9.17, 15) is 0 Å². The number of nitrogens with two attached hydrogens (primary N) is 1. The summed E-state index contributed by atoms with van der Waals surface area (Å²) in [5, 5.41) is 0.964. The van der Waals surface area contributed by atoms with Crippen molar-refractivity contribution in [3.63, 3.8) is 0 Å². The molecule has 3 aromatic rings. The maximum atomic E-state index is 6.15. The molecule has 1 saturated heterocycles. The van der Waals surface area contributed by atoms with Gasteiger partial charge in [0.05, 0.1) is 0 Å². The Kier molecular flexibility index (Phi) is 5.90. The third kappa shape index (κ3) is 3.93. The Bertz CT molecular complexity index is 1080. The highest BCUT2D eigenvalue weighted by molar-refractivity contribution is 14.1. The minimum absolute atomic E-state index is 0.457. The van der Waals surface area contributed by atoms with Gasteiger partial charge in [0.2, 0.25) is 0 Å². The van der Waals surface area contributed by atoms with Crippen LogP contribution in [0.15, 0.2) is 28.5 Å². The highest BCUT2D eigenvalue weighted by Crippen LogP contribution is 2.37. The maximum absolute atomic E-state index is 6.15. The van der Waals surface area contributed by atoms with Crippen LogP contribution in [0.25, 0.3) is 11.2 Å². The molecule has 0 spiro atoms. The molecular weight excluding hydrogens is 507 g/mol. The van der Waals surface area contributed by atoms with Crippen LogP contribution in [0.2, 0.25) is 0 Å². The topological polar surface area (TPSA) is 72.9 Å². The number of hydrogen-bond donors (Lipinski definition) is 1. The average molecular weight is 534 g/mol. The number of halogens is 1. The summed E-state index contributed by atoms with van der Waals surface area (Å²) < 4.78 is 3.55. The number of fused-ring (bicyclic) bond motifs is 2. The van der Waals surface area contributed by atoms with Crippen molar-refractivity contribution in [2.24, 2.45) is 0 Å². The SMILES string of the molecule is CN1CCCCC1CCn1c(Sc2cc3c(cc2I)CCC3)nc2c(N)ncnc21. The molecule has 3 heterocycles. The van der Waals surface area contributed by atoms with E-state index >= 15 is 0 Å². The van der Waals surface area contributed by atoms with Crippen molar-refractivity contribution in [2.45, 2.75) is 67.6 Å². The number of rotatable bonds is 5. The first-order chi connectivity index (χ1) is 14.6. The maximum Gasteiger partial charge on any atom is 0.175 e. The number of piperidine rings is 1. The molecule has 1 aromatic carbocycles. The minimum Gasteiger partial charge on any atom is -0.382 e. The molecule has 0 bridgehead atoms. The van der Waals surface area contributed by atoms with Gasteiger partial charge in [-0.05, 0) is 98.0 Å². The van der Waals surface area contributed by atoms with Crippen molar-refractivity contribution in [1.29, 1.82) is 0 Å². The molecule has 2 N–H and O–H groups in total. The van der Waals surface area contributed by atoms with Gasteiger partial charge in [0.25, 0.3) is 0 Å². The zero-order valence-corrected chi connectivity index (χ0v) is 20.2. The van der Waals surface area contributed by atoms with Crippen LogP contribution in [0.4, 0.5) is 5.82 Å². The molecule has 1 atom stereocenters. The van der Waals surface area contributed by atoms with Crippen LogP contribution in [-0.4, -0.2) is 44.1 Å². The molecule has 1 aliphatic carbocycles. The third-order valence-electron chi connectivity index (χ3n) is 6.48. The zero-order chi connectivity index (χ0) is 20.7. The summed E-state index contributed by atoms with van der Waals surface area (Å²) in [5.74, 6) is 0.457. The second kappa shape index (κ2) is 8.63. The van der Waals surface area contributed by atoms with E-state index in [1.165, 1.54) is 64.7 Å². The quantitative estimate of drug-likeness (QED) is 0.486. The Morgan fingerprint density at radius 2 is 2.00 bits per heavy atom. The van der Waals surface area contributed by atoms with Crippen molar-refractivity contribution in [3.05, 3.63) is 33.2 Å². The van der Waals surface area contributed by atoms with Crippen LogP contribution < -0.4 is 5.73 Å². The smallest absolute Gasteiger partial charge is 0.175 e. The van der Waals surface area contributed by atoms with E-state index in [2.05, 4.69) is 61.2 Å². The summed E-state index contributed by atoms with van der Waals surface area (Å²) in [4.78, 5) is 17.4. The van der Waals surface area contributed by atoms with E-state index in [1.54, 1.807) is 18.1 Å². The van der Waals surface area contributed by atoms with Crippen molar-refractivity contribution >= 4 is 51.3 Å². The van der Waals surface area contributed by atoms with Crippen molar-refractivity contribution in [3.8, 4) is 0 Å². The molecule has 0 radical (unpaired) electrons. The zero-order valence-electron chi connectivity index (χ0n) is 17.3. The van der Waals surface area contributed by atoms with Crippen LogP contribution in [-0.2, 0) is 19.4 Å². The lowest BCUT2D eigenvalue weighted by Gasteiger charge is -2.32. The number of nitrogens with zero attached hydrogens (tertiary/aromatic N) is 5. The van der Waals surface area contributed by atoms with Gasteiger partial charge in [-0.1, -0.05) is 18.2 Å². The number of nitrogen functional groups attached to an aromatic ring is 1.